The number of nitrogens with zero attached hydrogens (tertiary/aromatic N) is 1. The number of amides is 2. The van der Waals surface area contributed by atoms with Gasteiger partial charge in [-0.15, -0.1) is 0 Å². The normalized spacial score (nSPS) is 18.4. The van der Waals surface area contributed by atoms with E-state index in [1.54, 1.807) is 4.90 Å². The number of rotatable bonds is 8. The van der Waals surface area contributed by atoms with Crippen LogP contribution in [0.5, 0.6) is 0 Å². The van der Waals surface area contributed by atoms with Crippen LogP contribution in [0.3, 0.4) is 0 Å². The monoisotopic (exact) mass is 346 g/mol. The van der Waals surface area contributed by atoms with Crippen molar-refractivity contribution in [2.45, 2.75) is 59.2 Å². The molecule has 4 atom stereocenters. The van der Waals surface area contributed by atoms with Crippen molar-refractivity contribution in [2.75, 3.05) is 6.61 Å². The Hall–Kier alpha value is -1.88. The lowest BCUT2D eigenvalue weighted by atomic mass is 9.94. The number of hydrogen-bond acceptors (Lipinski definition) is 3. The quantitative estimate of drug-likeness (QED) is 0.760. The van der Waals surface area contributed by atoms with Crippen LogP contribution in [-0.4, -0.2) is 40.5 Å². The van der Waals surface area contributed by atoms with Gasteiger partial charge in [0.1, 0.15) is 6.04 Å². The number of nitrogens with one attached hydrogen (secondary N) is 1. The van der Waals surface area contributed by atoms with Gasteiger partial charge in [0, 0.05) is 12.1 Å². The lowest BCUT2D eigenvalue weighted by Gasteiger charge is -2.33. The maximum atomic E-state index is 13.0. The van der Waals surface area contributed by atoms with Crippen LogP contribution in [0.2, 0.25) is 0 Å². The fraction of sp³-hybridized carbons (Fsp3) is 0.600. The Bertz CT molecular complexity index is 617. The highest BCUT2D eigenvalue weighted by Gasteiger charge is 2.39. The molecule has 1 heterocycles. The first-order chi connectivity index (χ1) is 11.9. The van der Waals surface area contributed by atoms with Gasteiger partial charge in [-0.05, 0) is 23.5 Å². The highest BCUT2D eigenvalue weighted by molar-refractivity contribution is 6.01. The van der Waals surface area contributed by atoms with Crippen molar-refractivity contribution < 1.29 is 14.7 Å². The van der Waals surface area contributed by atoms with E-state index >= 15 is 0 Å². The summed E-state index contributed by atoms with van der Waals surface area (Å²) in [5, 5.41) is 12.6. The fourth-order valence-electron chi connectivity index (χ4n) is 3.35. The molecule has 0 saturated carbocycles. The zero-order valence-corrected chi connectivity index (χ0v) is 15.7. The molecular formula is C20H30N2O3. The summed E-state index contributed by atoms with van der Waals surface area (Å²) in [6, 6.07) is 6.71. The molecule has 0 bridgehead atoms. The Morgan fingerprint density at radius 1 is 1.20 bits per heavy atom. The minimum Gasteiger partial charge on any atom is -0.394 e. The maximum Gasteiger partial charge on any atom is 0.255 e. The Balaban J connectivity index is 2.23. The summed E-state index contributed by atoms with van der Waals surface area (Å²) in [4.78, 5) is 27.5. The minimum atomic E-state index is -0.525. The molecule has 1 aromatic carbocycles. The van der Waals surface area contributed by atoms with Crippen LogP contribution < -0.4 is 5.32 Å². The van der Waals surface area contributed by atoms with Crippen molar-refractivity contribution in [3.05, 3.63) is 35.4 Å². The number of benzene rings is 1. The van der Waals surface area contributed by atoms with E-state index < -0.39 is 6.04 Å². The highest BCUT2D eigenvalue weighted by atomic mass is 16.3. The van der Waals surface area contributed by atoms with Gasteiger partial charge >= 0.3 is 0 Å². The van der Waals surface area contributed by atoms with Crippen LogP contribution >= 0.6 is 0 Å². The first-order valence-corrected chi connectivity index (χ1v) is 9.24. The van der Waals surface area contributed by atoms with Crippen LogP contribution in [0, 0.1) is 11.8 Å². The Morgan fingerprint density at radius 3 is 2.40 bits per heavy atom. The molecule has 1 aliphatic heterocycles. The third-order valence-corrected chi connectivity index (χ3v) is 5.49. The lowest BCUT2D eigenvalue weighted by Crippen LogP contribution is -2.54. The van der Waals surface area contributed by atoms with Crippen molar-refractivity contribution in [3.8, 4) is 0 Å². The predicted molar refractivity (Wildman–Crippen MR) is 98.0 cm³/mol. The molecule has 0 fully saturated rings. The fourth-order valence-corrected chi connectivity index (χ4v) is 3.35. The summed E-state index contributed by atoms with van der Waals surface area (Å²) in [6.45, 7) is 8.43. The third kappa shape index (κ3) is 4.03. The van der Waals surface area contributed by atoms with Crippen molar-refractivity contribution >= 4 is 11.8 Å². The molecule has 25 heavy (non-hydrogen) atoms. The third-order valence-electron chi connectivity index (χ3n) is 5.49. The van der Waals surface area contributed by atoms with Crippen molar-refractivity contribution in [2.24, 2.45) is 11.8 Å². The number of carbonyl (C=O) groups is 2. The van der Waals surface area contributed by atoms with Crippen molar-refractivity contribution in [1.82, 2.24) is 10.2 Å². The first-order valence-electron chi connectivity index (χ1n) is 9.24. The van der Waals surface area contributed by atoms with Crippen LogP contribution in [0.1, 0.15) is 56.5 Å². The van der Waals surface area contributed by atoms with Gasteiger partial charge in [-0.25, -0.2) is 0 Å². The average Bonchev–Trinajstić information content (AvgIpc) is 2.95. The summed E-state index contributed by atoms with van der Waals surface area (Å²) < 4.78 is 0. The first kappa shape index (κ1) is 19.4. The number of fused-ring (bicyclic) bond motifs is 1. The summed E-state index contributed by atoms with van der Waals surface area (Å²) in [5.74, 6) is -0.0393. The zero-order valence-electron chi connectivity index (χ0n) is 15.7. The molecule has 1 aliphatic rings. The molecule has 2 amide bonds. The summed E-state index contributed by atoms with van der Waals surface area (Å²) in [6.07, 6.45) is 1.67. The lowest BCUT2D eigenvalue weighted by molar-refractivity contribution is -0.129. The van der Waals surface area contributed by atoms with E-state index in [4.69, 9.17) is 0 Å². The largest absolute Gasteiger partial charge is 0.394 e. The van der Waals surface area contributed by atoms with E-state index in [1.807, 2.05) is 52.0 Å². The second kappa shape index (κ2) is 8.48. The van der Waals surface area contributed by atoms with Gasteiger partial charge < -0.3 is 15.3 Å². The molecule has 0 spiro atoms. The number of aliphatic hydroxyl groups is 1. The summed E-state index contributed by atoms with van der Waals surface area (Å²) >= 11 is 0. The molecule has 2 N–H and O–H groups in total. The van der Waals surface area contributed by atoms with Gasteiger partial charge in [0.05, 0.1) is 12.6 Å². The van der Waals surface area contributed by atoms with E-state index in [0.29, 0.717) is 12.1 Å². The van der Waals surface area contributed by atoms with Gasteiger partial charge in [0.15, 0.2) is 0 Å². The predicted octanol–water partition coefficient (Wildman–Crippen LogP) is 2.58. The molecular weight excluding hydrogens is 316 g/mol. The van der Waals surface area contributed by atoms with Crippen LogP contribution in [-0.2, 0) is 11.3 Å². The van der Waals surface area contributed by atoms with Crippen molar-refractivity contribution in [1.29, 1.82) is 0 Å². The number of aliphatic hydroxyl groups excluding tert-OH is 1. The zero-order chi connectivity index (χ0) is 18.6. The standard InChI is InChI=1S/C20H30N2O3/c1-5-13(3)17(12-23)21-19(24)18(14(4)6-2)22-11-15-9-7-8-10-16(15)20(22)25/h7-10,13-14,17-18,23H,5-6,11-12H2,1-4H3,(H,21,24)/t13-,14-,17-,18+/m1/s1. The van der Waals surface area contributed by atoms with Crippen LogP contribution in [0.15, 0.2) is 24.3 Å². The van der Waals surface area contributed by atoms with Crippen LogP contribution in [0.4, 0.5) is 0 Å². The molecule has 0 unspecified atom stereocenters. The molecule has 1 aromatic rings. The van der Waals surface area contributed by atoms with Gasteiger partial charge in [0.2, 0.25) is 5.91 Å². The molecule has 2 rings (SSSR count). The number of hydrogen-bond donors (Lipinski definition) is 2. The number of carbonyl (C=O) groups excluding carboxylic acids is 2. The second-order valence-corrected chi connectivity index (χ2v) is 7.10. The van der Waals surface area contributed by atoms with Gasteiger partial charge in [0.25, 0.3) is 5.91 Å². The van der Waals surface area contributed by atoms with Gasteiger partial charge in [-0.1, -0.05) is 58.7 Å². The van der Waals surface area contributed by atoms with Gasteiger partial charge in [-0.2, -0.15) is 0 Å². The smallest absolute Gasteiger partial charge is 0.255 e. The topological polar surface area (TPSA) is 69.6 Å². The van der Waals surface area contributed by atoms with E-state index in [0.717, 1.165) is 18.4 Å². The minimum absolute atomic E-state index is 0.0366. The molecule has 0 radical (unpaired) electrons. The molecule has 0 aromatic heterocycles. The van der Waals surface area contributed by atoms with Gasteiger partial charge in [-0.3, -0.25) is 9.59 Å². The second-order valence-electron chi connectivity index (χ2n) is 7.10. The Morgan fingerprint density at radius 2 is 1.84 bits per heavy atom. The average molecular weight is 346 g/mol. The van der Waals surface area contributed by atoms with Crippen LogP contribution in [0.25, 0.3) is 0 Å². The van der Waals surface area contributed by atoms with E-state index in [9.17, 15) is 14.7 Å². The Labute approximate surface area is 150 Å². The molecule has 5 nitrogen and oxygen atoms in total. The van der Waals surface area contributed by atoms with E-state index in [1.165, 1.54) is 0 Å². The highest BCUT2D eigenvalue weighted by Crippen LogP contribution is 2.28. The van der Waals surface area contributed by atoms with E-state index in [2.05, 4.69) is 5.32 Å². The Kier molecular flexibility index (Phi) is 6.59. The van der Waals surface area contributed by atoms with Crippen molar-refractivity contribution in [3.63, 3.8) is 0 Å². The van der Waals surface area contributed by atoms with E-state index in [-0.39, 0.29) is 36.3 Å². The SMILES string of the molecule is CC[C@@H](C)[C@@H](C(=O)N[C@H](CO)[C@H](C)CC)N1Cc2ccccc2C1=O. The maximum absolute atomic E-state index is 13.0. The molecule has 138 valence electrons. The molecule has 0 aliphatic carbocycles. The molecule has 0 saturated heterocycles. The molecule has 5 heteroatoms. The summed E-state index contributed by atoms with van der Waals surface area (Å²) in [5.41, 5.74) is 1.65. The summed E-state index contributed by atoms with van der Waals surface area (Å²) in [7, 11) is 0.